The number of carbonyl (C=O) groups is 2. The van der Waals surface area contributed by atoms with Gasteiger partial charge >= 0.3 is 0 Å². The van der Waals surface area contributed by atoms with Gasteiger partial charge in [0, 0.05) is 25.5 Å². The van der Waals surface area contributed by atoms with Crippen LogP contribution in [0.2, 0.25) is 0 Å². The molecule has 0 fully saturated rings. The summed E-state index contributed by atoms with van der Waals surface area (Å²) in [5, 5.41) is 15.9. The molecule has 0 saturated carbocycles. The summed E-state index contributed by atoms with van der Waals surface area (Å²) in [7, 11) is 1.51. The summed E-state index contributed by atoms with van der Waals surface area (Å²) in [6.45, 7) is 1.86. The molecule has 0 aromatic carbocycles. The second kappa shape index (κ2) is 6.95. The van der Waals surface area contributed by atoms with Crippen molar-refractivity contribution in [3.8, 4) is 0 Å². The number of H-pyrrole nitrogens is 1. The van der Waals surface area contributed by atoms with Gasteiger partial charge in [0.1, 0.15) is 5.69 Å². The van der Waals surface area contributed by atoms with Crippen molar-refractivity contribution in [1.29, 1.82) is 0 Å². The van der Waals surface area contributed by atoms with E-state index in [2.05, 4.69) is 30.9 Å². The highest BCUT2D eigenvalue weighted by Gasteiger charge is 2.23. The number of rotatable bonds is 5. The third kappa shape index (κ3) is 3.39. The predicted molar refractivity (Wildman–Crippen MR) is 90.2 cm³/mol. The summed E-state index contributed by atoms with van der Waals surface area (Å²) in [4.78, 5) is 28.9. The molecule has 3 aromatic heterocycles. The van der Waals surface area contributed by atoms with Crippen molar-refractivity contribution in [1.82, 2.24) is 30.3 Å². The summed E-state index contributed by atoms with van der Waals surface area (Å²) < 4.78 is 1.49. The Morgan fingerprint density at radius 1 is 1.28 bits per heavy atom. The average Bonchev–Trinajstić information content (AvgIpc) is 3.30. The molecule has 3 N–H and O–H groups in total. The van der Waals surface area contributed by atoms with E-state index in [4.69, 9.17) is 0 Å². The van der Waals surface area contributed by atoms with Crippen molar-refractivity contribution in [2.45, 2.75) is 13.0 Å². The zero-order valence-electron chi connectivity index (χ0n) is 13.7. The summed E-state index contributed by atoms with van der Waals surface area (Å²) in [6.07, 6.45) is 4.71. The molecular weight excluding hydrogens is 322 g/mol. The zero-order chi connectivity index (χ0) is 17.8. The maximum atomic E-state index is 12.6. The smallest absolute Gasteiger partial charge is 0.274 e. The first kappa shape index (κ1) is 16.4. The number of hydrogen-bond acceptors (Lipinski definition) is 5. The van der Waals surface area contributed by atoms with Gasteiger partial charge in [-0.15, -0.1) is 0 Å². The molecule has 3 aromatic rings. The standard InChI is InChI=1S/C16H17N7O2/c1-10(12-5-3-4-6-18-12)23-14(7-13(22-23)15(24)17-2)16(25)21-11-8-19-20-9-11/h3-10H,1-2H3,(H,17,24)(H,19,20)(H,21,25)/t10-/m0/s1. The molecule has 9 nitrogen and oxygen atoms in total. The van der Waals surface area contributed by atoms with Gasteiger partial charge in [-0.05, 0) is 19.1 Å². The van der Waals surface area contributed by atoms with Crippen molar-refractivity contribution in [2.24, 2.45) is 0 Å². The number of nitrogens with one attached hydrogen (secondary N) is 3. The van der Waals surface area contributed by atoms with E-state index in [1.165, 1.54) is 24.0 Å². The van der Waals surface area contributed by atoms with E-state index in [9.17, 15) is 9.59 Å². The Bertz CT molecular complexity index is 871. The van der Waals surface area contributed by atoms with Crippen LogP contribution in [0.5, 0.6) is 0 Å². The maximum absolute atomic E-state index is 12.6. The lowest BCUT2D eigenvalue weighted by Gasteiger charge is -2.14. The van der Waals surface area contributed by atoms with Crippen LogP contribution in [0, 0.1) is 0 Å². The van der Waals surface area contributed by atoms with Crippen LogP contribution < -0.4 is 10.6 Å². The molecule has 0 aliphatic carbocycles. The maximum Gasteiger partial charge on any atom is 0.274 e. The number of anilines is 1. The van der Waals surface area contributed by atoms with E-state index in [-0.39, 0.29) is 23.3 Å². The Labute approximate surface area is 143 Å². The quantitative estimate of drug-likeness (QED) is 0.646. The molecule has 0 bridgehead atoms. The number of carbonyl (C=O) groups excluding carboxylic acids is 2. The van der Waals surface area contributed by atoms with Gasteiger partial charge in [-0.1, -0.05) is 6.07 Å². The van der Waals surface area contributed by atoms with Gasteiger partial charge in [0.15, 0.2) is 5.69 Å². The van der Waals surface area contributed by atoms with Crippen LogP contribution >= 0.6 is 0 Å². The minimum atomic E-state index is -0.396. The number of nitrogens with zero attached hydrogens (tertiary/aromatic N) is 4. The summed E-state index contributed by atoms with van der Waals surface area (Å²) >= 11 is 0. The van der Waals surface area contributed by atoms with Gasteiger partial charge in [0.05, 0.1) is 23.6 Å². The largest absolute Gasteiger partial charge is 0.354 e. The SMILES string of the molecule is CNC(=O)c1cc(C(=O)Nc2cn[nH]c2)n([C@@H](C)c2ccccn2)n1. The molecule has 128 valence electrons. The van der Waals surface area contributed by atoms with Crippen LogP contribution in [0.1, 0.15) is 39.6 Å². The third-order valence-electron chi connectivity index (χ3n) is 3.67. The van der Waals surface area contributed by atoms with E-state index >= 15 is 0 Å². The number of aromatic amines is 1. The second-order valence-corrected chi connectivity index (χ2v) is 5.31. The van der Waals surface area contributed by atoms with Crippen molar-refractivity contribution in [2.75, 3.05) is 12.4 Å². The van der Waals surface area contributed by atoms with E-state index in [0.29, 0.717) is 5.69 Å². The molecule has 3 heterocycles. The molecule has 9 heteroatoms. The van der Waals surface area contributed by atoms with Crippen molar-refractivity contribution >= 4 is 17.5 Å². The first-order valence-corrected chi connectivity index (χ1v) is 7.63. The van der Waals surface area contributed by atoms with Crippen LogP contribution in [0.4, 0.5) is 5.69 Å². The Morgan fingerprint density at radius 2 is 2.12 bits per heavy atom. The first-order valence-electron chi connectivity index (χ1n) is 7.63. The highest BCUT2D eigenvalue weighted by atomic mass is 16.2. The molecular formula is C16H17N7O2. The minimum Gasteiger partial charge on any atom is -0.354 e. The molecule has 0 radical (unpaired) electrons. The van der Waals surface area contributed by atoms with Crippen LogP contribution in [-0.4, -0.2) is 43.8 Å². The molecule has 0 spiro atoms. The molecule has 3 rings (SSSR count). The lowest BCUT2D eigenvalue weighted by Crippen LogP contribution is -2.21. The fourth-order valence-electron chi connectivity index (χ4n) is 2.36. The van der Waals surface area contributed by atoms with Crippen molar-refractivity contribution in [3.05, 3.63) is 59.9 Å². The fourth-order valence-corrected chi connectivity index (χ4v) is 2.36. The van der Waals surface area contributed by atoms with Crippen LogP contribution in [-0.2, 0) is 0 Å². The Kier molecular flexibility index (Phi) is 4.55. The van der Waals surface area contributed by atoms with Crippen LogP contribution in [0.25, 0.3) is 0 Å². The Morgan fingerprint density at radius 3 is 2.76 bits per heavy atom. The number of hydrogen-bond donors (Lipinski definition) is 3. The topological polar surface area (TPSA) is 118 Å². The number of amides is 2. The van der Waals surface area contributed by atoms with Gasteiger partial charge < -0.3 is 10.6 Å². The van der Waals surface area contributed by atoms with Crippen molar-refractivity contribution < 1.29 is 9.59 Å². The van der Waals surface area contributed by atoms with Crippen molar-refractivity contribution in [3.63, 3.8) is 0 Å². The number of pyridine rings is 1. The summed E-state index contributed by atoms with van der Waals surface area (Å²) in [5.74, 6) is -0.767. The lowest BCUT2D eigenvalue weighted by atomic mass is 10.2. The molecule has 0 saturated heterocycles. The van der Waals surface area contributed by atoms with Gasteiger partial charge in [0.25, 0.3) is 11.8 Å². The first-order chi connectivity index (χ1) is 12.1. The average molecular weight is 339 g/mol. The molecule has 2 amide bonds. The predicted octanol–water partition coefficient (Wildman–Crippen LogP) is 1.22. The molecule has 0 aliphatic heterocycles. The minimum absolute atomic E-state index is 0.155. The van der Waals surface area contributed by atoms with Gasteiger partial charge in [-0.25, -0.2) is 0 Å². The van der Waals surface area contributed by atoms with Crippen LogP contribution in [0.3, 0.4) is 0 Å². The molecule has 25 heavy (non-hydrogen) atoms. The summed E-state index contributed by atoms with van der Waals surface area (Å²) in [5.41, 5.74) is 1.65. The van der Waals surface area contributed by atoms with Gasteiger partial charge in [-0.3, -0.25) is 24.4 Å². The summed E-state index contributed by atoms with van der Waals surface area (Å²) in [6, 6.07) is 6.62. The van der Waals surface area contributed by atoms with E-state index in [0.717, 1.165) is 5.69 Å². The Hall–Kier alpha value is -3.49. The third-order valence-corrected chi connectivity index (χ3v) is 3.67. The normalized spacial score (nSPS) is 11.8. The van der Waals surface area contributed by atoms with Crippen LogP contribution in [0.15, 0.2) is 42.9 Å². The van der Waals surface area contributed by atoms with Gasteiger partial charge in [0.2, 0.25) is 0 Å². The van der Waals surface area contributed by atoms with E-state index < -0.39 is 5.91 Å². The van der Waals surface area contributed by atoms with E-state index in [1.54, 1.807) is 12.4 Å². The zero-order valence-corrected chi connectivity index (χ0v) is 13.7. The fraction of sp³-hybridized carbons (Fsp3) is 0.188. The molecule has 0 aliphatic rings. The number of aromatic nitrogens is 5. The highest BCUT2D eigenvalue weighted by Crippen LogP contribution is 2.19. The van der Waals surface area contributed by atoms with E-state index in [1.807, 2.05) is 25.1 Å². The highest BCUT2D eigenvalue weighted by molar-refractivity contribution is 6.04. The second-order valence-electron chi connectivity index (χ2n) is 5.31. The molecule has 0 unspecified atom stereocenters. The monoisotopic (exact) mass is 339 g/mol. The molecule has 1 atom stereocenters. The Balaban J connectivity index is 1.99. The van der Waals surface area contributed by atoms with Gasteiger partial charge in [-0.2, -0.15) is 10.2 Å². The lowest BCUT2D eigenvalue weighted by molar-refractivity contribution is 0.0956.